The minimum Gasteiger partial charge on any atom is -0.256 e. The first-order chi connectivity index (χ1) is 74.3. The van der Waals surface area contributed by atoms with Gasteiger partial charge in [-0.2, -0.15) is 0 Å². The summed E-state index contributed by atoms with van der Waals surface area (Å²) < 4.78 is 0. The monoisotopic (exact) mass is 1910 g/mol. The molecule has 696 valence electrons. The minimum absolute atomic E-state index is 0.627. The molecule has 0 aliphatic carbocycles. The van der Waals surface area contributed by atoms with Crippen molar-refractivity contribution >= 4 is 162 Å². The molecular weight excluding hydrogens is 1820 g/mol. The Kier molecular flexibility index (Phi) is 21.7. The van der Waals surface area contributed by atoms with Crippen molar-refractivity contribution in [3.63, 3.8) is 0 Å². The first kappa shape index (κ1) is 87.6. The molecular formula is C140H86N10. The summed E-state index contributed by atoms with van der Waals surface area (Å²) in [6.45, 7) is 0. The first-order valence-corrected chi connectivity index (χ1v) is 50.7. The third kappa shape index (κ3) is 16.0. The number of benzene rings is 24. The Morgan fingerprint density at radius 1 is 0.120 bits per heavy atom. The summed E-state index contributed by atoms with van der Waals surface area (Å²) in [5, 5.41) is 33.1. The van der Waals surface area contributed by atoms with Gasteiger partial charge in [0.2, 0.25) is 0 Å². The molecule has 0 unspecified atom stereocenters. The molecule has 30 rings (SSSR count). The van der Waals surface area contributed by atoms with Crippen molar-refractivity contribution in [3.05, 3.63) is 522 Å². The lowest BCUT2D eigenvalue weighted by Gasteiger charge is -2.15. The molecule has 0 aliphatic heterocycles. The second-order valence-electron chi connectivity index (χ2n) is 38.3. The molecule has 0 amide bonds. The Bertz CT molecular complexity index is 9870. The fraction of sp³-hybridized carbons (Fsp3) is 0. The highest BCUT2D eigenvalue weighted by molar-refractivity contribution is 6.20. The number of para-hydroxylation sites is 2. The second-order valence-corrected chi connectivity index (χ2v) is 38.3. The van der Waals surface area contributed by atoms with Crippen LogP contribution in [-0.2, 0) is 0 Å². The lowest BCUT2D eigenvalue weighted by molar-refractivity contribution is 1.08. The van der Waals surface area contributed by atoms with Crippen molar-refractivity contribution in [2.75, 3.05) is 0 Å². The Morgan fingerprint density at radius 3 is 0.647 bits per heavy atom. The van der Waals surface area contributed by atoms with Gasteiger partial charge in [-0.25, -0.2) is 34.9 Å². The van der Waals surface area contributed by atoms with E-state index in [1.54, 1.807) is 0 Å². The van der Waals surface area contributed by atoms with Crippen LogP contribution in [0, 0.1) is 0 Å². The maximum Gasteiger partial charge on any atom is 0.164 e. The number of nitrogens with zero attached hydrogens (tertiary/aromatic N) is 10. The molecule has 0 spiro atoms. The van der Waals surface area contributed by atoms with E-state index < -0.39 is 0 Å². The molecule has 24 aromatic carbocycles. The molecule has 0 N–H and O–H groups in total. The first-order valence-electron chi connectivity index (χ1n) is 50.7. The average Bonchev–Trinajstić information content (AvgIpc) is 0.750. The molecule has 0 radical (unpaired) electrons. The van der Waals surface area contributed by atoms with Gasteiger partial charge in [-0.3, -0.25) is 15.0 Å². The van der Waals surface area contributed by atoms with Crippen molar-refractivity contribution in [3.8, 4) is 135 Å². The van der Waals surface area contributed by atoms with E-state index in [1.165, 1.54) is 113 Å². The van der Waals surface area contributed by atoms with Crippen LogP contribution < -0.4 is 0 Å². The highest BCUT2D eigenvalue weighted by Crippen LogP contribution is 2.46. The van der Waals surface area contributed by atoms with Gasteiger partial charge in [0.25, 0.3) is 0 Å². The van der Waals surface area contributed by atoms with E-state index in [9.17, 15) is 0 Å². The topological polar surface area (TPSA) is 129 Å². The Morgan fingerprint density at radius 2 is 0.340 bits per heavy atom. The molecule has 0 fully saturated rings. The summed E-state index contributed by atoms with van der Waals surface area (Å²) in [6, 6.07) is 178. The third-order valence-corrected chi connectivity index (χ3v) is 29.5. The van der Waals surface area contributed by atoms with Crippen LogP contribution in [0.3, 0.4) is 0 Å². The third-order valence-electron chi connectivity index (χ3n) is 29.5. The smallest absolute Gasteiger partial charge is 0.164 e. The van der Waals surface area contributed by atoms with Crippen molar-refractivity contribution in [1.82, 2.24) is 49.8 Å². The summed E-state index contributed by atoms with van der Waals surface area (Å²) in [5.41, 5.74) is 21.1. The zero-order valence-corrected chi connectivity index (χ0v) is 81.1. The van der Waals surface area contributed by atoms with Gasteiger partial charge in [-0.15, -0.1) is 0 Å². The van der Waals surface area contributed by atoms with Gasteiger partial charge in [0.15, 0.2) is 29.1 Å². The van der Waals surface area contributed by atoms with Crippen molar-refractivity contribution in [2.24, 2.45) is 0 Å². The number of fused-ring (bicyclic) bond motifs is 21. The van der Waals surface area contributed by atoms with Crippen molar-refractivity contribution < 1.29 is 0 Å². The fourth-order valence-electron chi connectivity index (χ4n) is 22.2. The number of hydrogen-bond donors (Lipinski definition) is 0. The molecule has 0 saturated carbocycles. The molecule has 10 nitrogen and oxygen atoms in total. The van der Waals surface area contributed by atoms with E-state index >= 15 is 0 Å². The van der Waals surface area contributed by atoms with Crippen LogP contribution in [0.25, 0.3) is 297 Å². The van der Waals surface area contributed by atoms with Crippen LogP contribution in [0.15, 0.2) is 522 Å². The van der Waals surface area contributed by atoms with Crippen molar-refractivity contribution in [2.45, 2.75) is 0 Å². The molecule has 30 aromatic rings. The lowest BCUT2D eigenvalue weighted by Crippen LogP contribution is -2.01. The van der Waals surface area contributed by atoms with E-state index in [2.05, 4.69) is 478 Å². The standard InChI is InChI=1S/2C47H29N3.C46H28N4/c1-6-16-37-30(11-1)25-26-48-46(37)31-21-23-32(24-22-31)47-49-44(42-27-33-12-2-4-14-35(33)38-17-7-9-19-40(38)42)29-45(50-47)43-28-34-13-3-5-15-36(34)39-18-8-10-20-41(39)43;1-4-14-36-32(11-1)26-42(40-18-8-6-16-38(36)40)45-28-46(43-27-33-12-2-5-15-37(33)39-17-7-9-19-41(39)43)50-47(49-45)31-23-21-30(22-24-31)35-25-34-13-3-10-20-44(34)48-29-35;1-4-14-35-31(11-1)26-41(39-18-8-6-16-37(35)39)45-48-44(30-23-21-29(22-24-30)34-25-33-13-3-10-20-43(33)47-28-34)49-46(50-45)42-27-32-12-2-5-15-36(32)38-17-7-9-19-40(38)42/h2*1-29H;1-28H. The average molecular weight is 1910 g/mol. The molecule has 10 heteroatoms. The van der Waals surface area contributed by atoms with E-state index in [0.717, 1.165) is 155 Å². The van der Waals surface area contributed by atoms with Gasteiger partial charge in [-0.1, -0.05) is 425 Å². The van der Waals surface area contributed by atoms with E-state index in [4.69, 9.17) is 44.9 Å². The van der Waals surface area contributed by atoms with E-state index in [-0.39, 0.29) is 0 Å². The van der Waals surface area contributed by atoms with Gasteiger partial charge in [-0.05, 0) is 225 Å². The number of rotatable bonds is 12. The number of pyridine rings is 3. The molecule has 6 aromatic heterocycles. The summed E-state index contributed by atoms with van der Waals surface area (Å²) in [6.07, 6.45) is 5.76. The predicted molar refractivity (Wildman–Crippen MR) is 625 cm³/mol. The Balaban J connectivity index is 0.000000108. The molecule has 0 saturated heterocycles. The zero-order chi connectivity index (χ0) is 99.1. The zero-order valence-electron chi connectivity index (χ0n) is 81.1. The van der Waals surface area contributed by atoms with Gasteiger partial charge < -0.3 is 0 Å². The molecule has 0 bridgehead atoms. The predicted octanol–water partition coefficient (Wildman–Crippen LogP) is 36.3. The summed E-state index contributed by atoms with van der Waals surface area (Å²) >= 11 is 0. The van der Waals surface area contributed by atoms with Crippen LogP contribution in [0.5, 0.6) is 0 Å². The second kappa shape index (κ2) is 37.2. The van der Waals surface area contributed by atoms with Crippen molar-refractivity contribution in [1.29, 1.82) is 0 Å². The highest BCUT2D eigenvalue weighted by Gasteiger charge is 2.25. The van der Waals surface area contributed by atoms with Gasteiger partial charge in [0.1, 0.15) is 0 Å². The van der Waals surface area contributed by atoms with Crippen LogP contribution in [-0.4, -0.2) is 49.8 Å². The fourth-order valence-corrected chi connectivity index (χ4v) is 22.2. The highest BCUT2D eigenvalue weighted by atomic mass is 15.0. The van der Waals surface area contributed by atoms with Gasteiger partial charge in [0, 0.05) is 102 Å². The number of aromatic nitrogens is 10. The lowest BCUT2D eigenvalue weighted by atomic mass is 9.93. The van der Waals surface area contributed by atoms with Gasteiger partial charge >= 0.3 is 0 Å². The van der Waals surface area contributed by atoms with E-state index in [1.807, 2.05) is 48.9 Å². The van der Waals surface area contributed by atoms with Crippen LogP contribution in [0.1, 0.15) is 0 Å². The molecule has 0 atom stereocenters. The quantitative estimate of drug-likeness (QED) is 0.109. The van der Waals surface area contributed by atoms with Gasteiger partial charge in [0.05, 0.1) is 39.5 Å². The number of hydrogen-bond acceptors (Lipinski definition) is 10. The summed E-state index contributed by atoms with van der Waals surface area (Å²) in [7, 11) is 0. The van der Waals surface area contributed by atoms with E-state index in [0.29, 0.717) is 29.1 Å². The SMILES string of the molecule is c1ccc2c(-c3ccc(-c4nc(-c5cc6ccccc6c6ccccc56)cc(-c5cc6ccccc6c6ccccc56)n4)cc3)nccc2c1.c1ccc2ncc(-c3ccc(-c4nc(-c5cc6ccccc6c6ccccc56)cc(-c5cc6ccccc6c6ccccc56)n4)cc3)cc2c1.c1ccc2ncc(-c3ccc(-c4nc(-c5cc6ccccc6c6ccccc56)nc(-c5cc6ccccc6c6ccccc56)n4)cc3)cc2c1. The molecule has 6 heterocycles. The summed E-state index contributed by atoms with van der Waals surface area (Å²) in [4.78, 5) is 51.1. The maximum absolute atomic E-state index is 5.32. The maximum atomic E-state index is 5.32. The Hall–Kier alpha value is -20.2. The Labute approximate surface area is 863 Å². The molecule has 150 heavy (non-hydrogen) atoms. The normalized spacial score (nSPS) is 11.6. The summed E-state index contributed by atoms with van der Waals surface area (Å²) in [5.74, 6) is 3.29. The van der Waals surface area contributed by atoms with Crippen LogP contribution >= 0.6 is 0 Å². The van der Waals surface area contributed by atoms with Crippen LogP contribution in [0.4, 0.5) is 0 Å². The minimum atomic E-state index is 0.627. The molecule has 0 aliphatic rings. The van der Waals surface area contributed by atoms with Crippen LogP contribution in [0.2, 0.25) is 0 Å². The largest absolute Gasteiger partial charge is 0.256 e.